The summed E-state index contributed by atoms with van der Waals surface area (Å²) < 4.78 is 0. The standard InChI is InChI=1S/C10H15N3O2/c1-3-4-11-10(15)9-5-8(6-12-9)13-7(2)14/h5-6,12H,3-4H2,1-2H3,(H,11,15)(H,13,14). The molecule has 5 nitrogen and oxygen atoms in total. The molecule has 0 saturated heterocycles. The van der Waals surface area contributed by atoms with Gasteiger partial charge in [-0.25, -0.2) is 0 Å². The molecule has 0 saturated carbocycles. The van der Waals surface area contributed by atoms with Gasteiger partial charge in [-0.3, -0.25) is 9.59 Å². The third kappa shape index (κ3) is 3.46. The van der Waals surface area contributed by atoms with E-state index in [2.05, 4.69) is 15.6 Å². The maximum Gasteiger partial charge on any atom is 0.267 e. The number of nitrogens with one attached hydrogen (secondary N) is 3. The van der Waals surface area contributed by atoms with Crippen molar-refractivity contribution >= 4 is 17.5 Å². The maximum atomic E-state index is 11.4. The molecule has 1 aromatic heterocycles. The van der Waals surface area contributed by atoms with Crippen LogP contribution < -0.4 is 10.6 Å². The highest BCUT2D eigenvalue weighted by Gasteiger charge is 2.07. The summed E-state index contributed by atoms with van der Waals surface area (Å²) in [5.74, 6) is -0.317. The topological polar surface area (TPSA) is 74.0 Å². The molecule has 0 aliphatic heterocycles. The summed E-state index contributed by atoms with van der Waals surface area (Å²) in [7, 11) is 0. The molecule has 0 radical (unpaired) electrons. The zero-order valence-corrected chi connectivity index (χ0v) is 8.89. The van der Waals surface area contributed by atoms with E-state index in [-0.39, 0.29) is 11.8 Å². The Hall–Kier alpha value is -1.78. The average Bonchev–Trinajstić information content (AvgIpc) is 2.61. The van der Waals surface area contributed by atoms with Crippen LogP contribution in [0.25, 0.3) is 0 Å². The Morgan fingerprint density at radius 2 is 2.20 bits per heavy atom. The predicted octanol–water partition coefficient (Wildman–Crippen LogP) is 1.11. The van der Waals surface area contributed by atoms with E-state index in [4.69, 9.17) is 0 Å². The minimum atomic E-state index is -0.159. The number of carbonyl (C=O) groups is 2. The molecule has 82 valence electrons. The summed E-state index contributed by atoms with van der Waals surface area (Å²) in [6, 6.07) is 1.60. The van der Waals surface area contributed by atoms with Crippen molar-refractivity contribution in [3.8, 4) is 0 Å². The van der Waals surface area contributed by atoms with Crippen molar-refractivity contribution in [3.05, 3.63) is 18.0 Å². The SMILES string of the molecule is CCCNC(=O)c1cc(NC(C)=O)c[nH]1. The van der Waals surface area contributed by atoms with E-state index in [9.17, 15) is 9.59 Å². The van der Waals surface area contributed by atoms with Crippen LogP contribution in [0.4, 0.5) is 5.69 Å². The minimum Gasteiger partial charge on any atom is -0.355 e. The molecule has 1 heterocycles. The van der Waals surface area contributed by atoms with Gasteiger partial charge in [-0.05, 0) is 12.5 Å². The second-order valence-corrected chi connectivity index (χ2v) is 3.24. The van der Waals surface area contributed by atoms with Gasteiger partial charge in [0, 0.05) is 19.7 Å². The van der Waals surface area contributed by atoms with Crippen molar-refractivity contribution in [2.45, 2.75) is 20.3 Å². The first-order valence-electron chi connectivity index (χ1n) is 4.87. The fourth-order valence-electron chi connectivity index (χ4n) is 1.13. The quantitative estimate of drug-likeness (QED) is 0.695. The van der Waals surface area contributed by atoms with Gasteiger partial charge in [0.25, 0.3) is 5.91 Å². The highest BCUT2D eigenvalue weighted by atomic mass is 16.2. The molecule has 0 spiro atoms. The second-order valence-electron chi connectivity index (χ2n) is 3.24. The smallest absolute Gasteiger partial charge is 0.267 e. The van der Waals surface area contributed by atoms with Gasteiger partial charge in [0.1, 0.15) is 5.69 Å². The molecule has 0 bridgehead atoms. The molecule has 0 aliphatic carbocycles. The van der Waals surface area contributed by atoms with Crippen molar-refractivity contribution in [2.75, 3.05) is 11.9 Å². The van der Waals surface area contributed by atoms with E-state index < -0.39 is 0 Å². The number of carbonyl (C=O) groups excluding carboxylic acids is 2. The van der Waals surface area contributed by atoms with Crippen molar-refractivity contribution in [3.63, 3.8) is 0 Å². The first-order chi connectivity index (χ1) is 7.13. The largest absolute Gasteiger partial charge is 0.355 e. The van der Waals surface area contributed by atoms with Gasteiger partial charge in [-0.2, -0.15) is 0 Å². The number of rotatable bonds is 4. The Labute approximate surface area is 88.3 Å². The molecule has 5 heteroatoms. The van der Waals surface area contributed by atoms with Crippen molar-refractivity contribution < 1.29 is 9.59 Å². The molecule has 3 N–H and O–H groups in total. The second kappa shape index (κ2) is 5.19. The highest BCUT2D eigenvalue weighted by molar-refractivity contribution is 5.95. The predicted molar refractivity (Wildman–Crippen MR) is 57.7 cm³/mol. The molecular formula is C10H15N3O2. The van der Waals surface area contributed by atoms with E-state index in [1.165, 1.54) is 6.92 Å². The Morgan fingerprint density at radius 3 is 2.80 bits per heavy atom. The lowest BCUT2D eigenvalue weighted by molar-refractivity contribution is -0.114. The first kappa shape index (κ1) is 11.3. The third-order valence-corrected chi connectivity index (χ3v) is 1.78. The van der Waals surface area contributed by atoms with E-state index in [1.54, 1.807) is 12.3 Å². The highest BCUT2D eigenvalue weighted by Crippen LogP contribution is 2.08. The summed E-state index contributed by atoms with van der Waals surface area (Å²) in [6.45, 7) is 4.05. The molecule has 1 aromatic rings. The van der Waals surface area contributed by atoms with Crippen LogP contribution in [0.15, 0.2) is 12.3 Å². The van der Waals surface area contributed by atoms with Gasteiger partial charge in [0.05, 0.1) is 5.69 Å². The lowest BCUT2D eigenvalue weighted by atomic mass is 10.3. The Balaban J connectivity index is 2.59. The van der Waals surface area contributed by atoms with Gasteiger partial charge in [0.15, 0.2) is 0 Å². The fourth-order valence-corrected chi connectivity index (χ4v) is 1.13. The number of H-pyrrole nitrogens is 1. The van der Waals surface area contributed by atoms with Crippen LogP contribution in [-0.4, -0.2) is 23.3 Å². The molecular weight excluding hydrogens is 194 g/mol. The van der Waals surface area contributed by atoms with E-state index in [0.29, 0.717) is 17.9 Å². The Morgan fingerprint density at radius 1 is 1.47 bits per heavy atom. The summed E-state index contributed by atoms with van der Waals surface area (Å²) in [5, 5.41) is 5.32. The van der Waals surface area contributed by atoms with E-state index >= 15 is 0 Å². The van der Waals surface area contributed by atoms with Crippen LogP contribution in [0.5, 0.6) is 0 Å². The fraction of sp³-hybridized carbons (Fsp3) is 0.400. The number of hydrogen-bond donors (Lipinski definition) is 3. The van der Waals surface area contributed by atoms with Crippen molar-refractivity contribution in [1.82, 2.24) is 10.3 Å². The maximum absolute atomic E-state index is 11.4. The van der Waals surface area contributed by atoms with Crippen LogP contribution in [0.2, 0.25) is 0 Å². The van der Waals surface area contributed by atoms with Crippen molar-refractivity contribution in [1.29, 1.82) is 0 Å². The van der Waals surface area contributed by atoms with Crippen LogP contribution in [0.3, 0.4) is 0 Å². The number of aromatic nitrogens is 1. The Bertz CT molecular complexity index is 357. The summed E-state index contributed by atoms with van der Waals surface area (Å²) in [4.78, 5) is 25.0. The lowest BCUT2D eigenvalue weighted by Crippen LogP contribution is -2.24. The summed E-state index contributed by atoms with van der Waals surface area (Å²) >= 11 is 0. The van der Waals surface area contributed by atoms with E-state index in [1.807, 2.05) is 6.92 Å². The number of amides is 2. The summed E-state index contributed by atoms with van der Waals surface area (Å²) in [6.07, 6.45) is 2.48. The first-order valence-corrected chi connectivity index (χ1v) is 4.87. The number of hydrogen-bond acceptors (Lipinski definition) is 2. The van der Waals surface area contributed by atoms with Gasteiger partial charge in [-0.15, -0.1) is 0 Å². The molecule has 15 heavy (non-hydrogen) atoms. The van der Waals surface area contributed by atoms with Crippen LogP contribution in [0.1, 0.15) is 30.8 Å². The molecule has 0 aliphatic rings. The van der Waals surface area contributed by atoms with Gasteiger partial charge < -0.3 is 15.6 Å². The van der Waals surface area contributed by atoms with Gasteiger partial charge in [0.2, 0.25) is 5.91 Å². The molecule has 0 unspecified atom stereocenters. The summed E-state index contributed by atoms with van der Waals surface area (Å²) in [5.41, 5.74) is 1.05. The zero-order valence-electron chi connectivity index (χ0n) is 8.89. The normalized spacial score (nSPS) is 9.73. The molecule has 0 aromatic carbocycles. The Kier molecular flexibility index (Phi) is 3.91. The average molecular weight is 209 g/mol. The molecule has 1 rings (SSSR count). The third-order valence-electron chi connectivity index (χ3n) is 1.78. The number of aromatic amines is 1. The van der Waals surface area contributed by atoms with E-state index in [0.717, 1.165) is 6.42 Å². The minimum absolute atomic E-state index is 0.158. The molecule has 2 amide bonds. The van der Waals surface area contributed by atoms with Crippen molar-refractivity contribution in [2.24, 2.45) is 0 Å². The molecule has 0 fully saturated rings. The van der Waals surface area contributed by atoms with Crippen LogP contribution in [-0.2, 0) is 4.79 Å². The lowest BCUT2D eigenvalue weighted by Gasteiger charge is -1.99. The van der Waals surface area contributed by atoms with Crippen LogP contribution in [0, 0.1) is 0 Å². The van der Waals surface area contributed by atoms with Crippen LogP contribution >= 0.6 is 0 Å². The molecule has 0 atom stereocenters. The van der Waals surface area contributed by atoms with Gasteiger partial charge in [-0.1, -0.05) is 6.92 Å². The zero-order chi connectivity index (χ0) is 11.3. The number of anilines is 1. The van der Waals surface area contributed by atoms with Gasteiger partial charge >= 0.3 is 0 Å². The monoisotopic (exact) mass is 209 g/mol.